The summed E-state index contributed by atoms with van der Waals surface area (Å²) >= 11 is 3.45. The highest BCUT2D eigenvalue weighted by Crippen LogP contribution is 2.42. The van der Waals surface area contributed by atoms with Gasteiger partial charge in [0, 0.05) is 12.2 Å². The Balaban J connectivity index is 1.63. The number of hydrogen-bond donors (Lipinski definition) is 4. The number of nitrogens with two attached hydrogens (primary N) is 1. The lowest BCUT2D eigenvalue weighted by Gasteiger charge is -2.38. The van der Waals surface area contributed by atoms with E-state index in [2.05, 4.69) is 31.9 Å². The maximum atomic E-state index is 13.2. The van der Waals surface area contributed by atoms with E-state index in [1.54, 1.807) is 19.1 Å². The number of primary amides is 1. The summed E-state index contributed by atoms with van der Waals surface area (Å²) in [6.07, 6.45) is 2.09. The molecule has 1 saturated carbocycles. The van der Waals surface area contributed by atoms with E-state index in [4.69, 9.17) is 15.2 Å². The fourth-order valence-electron chi connectivity index (χ4n) is 4.04. The van der Waals surface area contributed by atoms with Crippen molar-refractivity contribution in [3.05, 3.63) is 58.6 Å². The number of esters is 1. The largest absolute Gasteiger partial charge is 0.488 e. The lowest BCUT2D eigenvalue weighted by atomic mass is 9.68. The Morgan fingerprint density at radius 2 is 1.79 bits per heavy atom. The molecule has 0 saturated heterocycles. The van der Waals surface area contributed by atoms with Crippen LogP contribution in [0.5, 0.6) is 5.75 Å². The van der Waals surface area contributed by atoms with Crippen LogP contribution in [-0.4, -0.2) is 43.0 Å². The van der Waals surface area contributed by atoms with Gasteiger partial charge >= 0.3 is 12.0 Å². The van der Waals surface area contributed by atoms with E-state index in [1.807, 2.05) is 36.4 Å². The van der Waals surface area contributed by atoms with Crippen molar-refractivity contribution in [2.75, 3.05) is 18.5 Å². The van der Waals surface area contributed by atoms with Crippen molar-refractivity contribution >= 4 is 45.4 Å². The predicted molar refractivity (Wildman–Crippen MR) is 145 cm³/mol. The quantitative estimate of drug-likeness (QED) is 0.159. The minimum Gasteiger partial charge on any atom is -0.488 e. The number of para-hydroxylation sites is 1. The number of anilines is 1. The molecular formula is C27H33BrN4O6. The Labute approximate surface area is 230 Å². The number of rotatable bonds is 13. The second-order valence-electron chi connectivity index (χ2n) is 9.02. The molecule has 0 aromatic heterocycles. The summed E-state index contributed by atoms with van der Waals surface area (Å²) in [5.74, 6) is -0.808. The number of ether oxygens (including phenoxy) is 2. The normalized spacial score (nSPS) is 14.4. The molecule has 2 aromatic carbocycles. The van der Waals surface area contributed by atoms with Gasteiger partial charge in [-0.05, 0) is 78.4 Å². The lowest BCUT2D eigenvalue weighted by Crippen LogP contribution is -2.56. The van der Waals surface area contributed by atoms with Crippen molar-refractivity contribution in [1.29, 1.82) is 0 Å². The molecule has 4 amide bonds. The molecule has 0 bridgehead atoms. The first-order valence-electron chi connectivity index (χ1n) is 12.5. The van der Waals surface area contributed by atoms with Gasteiger partial charge < -0.3 is 31.2 Å². The van der Waals surface area contributed by atoms with E-state index in [-0.39, 0.29) is 19.6 Å². The molecule has 38 heavy (non-hydrogen) atoms. The molecule has 0 spiro atoms. The first-order chi connectivity index (χ1) is 18.2. The Bertz CT molecular complexity index is 1140. The molecule has 1 aliphatic rings. The van der Waals surface area contributed by atoms with Gasteiger partial charge in [-0.25, -0.2) is 4.79 Å². The van der Waals surface area contributed by atoms with Crippen LogP contribution in [0.4, 0.5) is 10.5 Å². The van der Waals surface area contributed by atoms with Gasteiger partial charge in [-0.1, -0.05) is 30.7 Å². The summed E-state index contributed by atoms with van der Waals surface area (Å²) < 4.78 is 11.8. The van der Waals surface area contributed by atoms with E-state index in [0.717, 1.165) is 22.2 Å². The van der Waals surface area contributed by atoms with Crippen LogP contribution in [0.2, 0.25) is 0 Å². The summed E-state index contributed by atoms with van der Waals surface area (Å²) in [4.78, 5) is 49.8. The van der Waals surface area contributed by atoms with E-state index in [0.29, 0.717) is 31.6 Å². The average molecular weight is 589 g/mol. The van der Waals surface area contributed by atoms with Gasteiger partial charge in [0.1, 0.15) is 23.8 Å². The van der Waals surface area contributed by atoms with Crippen LogP contribution in [0, 0.1) is 5.41 Å². The van der Waals surface area contributed by atoms with Crippen LogP contribution in [0.25, 0.3) is 0 Å². The molecule has 1 atom stereocenters. The molecule has 0 aliphatic heterocycles. The molecule has 0 radical (unpaired) electrons. The van der Waals surface area contributed by atoms with Gasteiger partial charge in [-0.2, -0.15) is 0 Å². The highest BCUT2D eigenvalue weighted by molar-refractivity contribution is 9.10. The minimum atomic E-state index is -1.27. The number of hydrogen-bond acceptors (Lipinski definition) is 6. The summed E-state index contributed by atoms with van der Waals surface area (Å²) in [6, 6.07) is 13.1. The fourth-order valence-corrected chi connectivity index (χ4v) is 4.44. The van der Waals surface area contributed by atoms with Crippen LogP contribution >= 0.6 is 15.9 Å². The van der Waals surface area contributed by atoms with Gasteiger partial charge in [0.05, 0.1) is 11.1 Å². The van der Waals surface area contributed by atoms with Gasteiger partial charge in [-0.3, -0.25) is 14.4 Å². The van der Waals surface area contributed by atoms with Crippen LogP contribution in [0.1, 0.15) is 44.6 Å². The van der Waals surface area contributed by atoms with E-state index in [9.17, 15) is 19.2 Å². The molecule has 0 unspecified atom stereocenters. The molecule has 10 nitrogen and oxygen atoms in total. The van der Waals surface area contributed by atoms with Crippen molar-refractivity contribution in [2.45, 2.75) is 51.7 Å². The van der Waals surface area contributed by atoms with Crippen LogP contribution in [-0.2, 0) is 25.7 Å². The molecule has 1 aliphatic carbocycles. The topological polar surface area (TPSA) is 149 Å². The molecule has 2 aromatic rings. The standard InChI is InChI=1S/C27H33BrN4O6/c1-2-37-25(35)27(14-6-15-27)24(34)32-21(8-5-16-30-26(29)36)23(33)31-19-12-10-18(11-13-19)17-38-22-9-4-3-7-20(22)28/h3-4,7,9-13,21H,2,5-6,8,14-17H2,1H3,(H,31,33)(H,32,34)(H3,29,30,36)/t21-/m0/s1. The van der Waals surface area contributed by atoms with Crippen molar-refractivity contribution in [1.82, 2.24) is 10.6 Å². The number of amides is 4. The smallest absolute Gasteiger partial charge is 0.321 e. The fraction of sp³-hybridized carbons (Fsp3) is 0.407. The zero-order chi connectivity index (χ0) is 27.5. The predicted octanol–water partition coefficient (Wildman–Crippen LogP) is 3.63. The highest BCUT2D eigenvalue weighted by Gasteiger charge is 2.52. The number of carbonyl (C=O) groups is 4. The zero-order valence-corrected chi connectivity index (χ0v) is 22.8. The first-order valence-corrected chi connectivity index (χ1v) is 13.3. The van der Waals surface area contributed by atoms with Crippen LogP contribution < -0.4 is 26.4 Å². The molecular weight excluding hydrogens is 556 g/mol. The number of nitrogens with one attached hydrogen (secondary N) is 3. The molecule has 3 rings (SSSR count). The summed E-state index contributed by atoms with van der Waals surface area (Å²) in [7, 11) is 0. The second-order valence-corrected chi connectivity index (χ2v) is 9.88. The van der Waals surface area contributed by atoms with Crippen LogP contribution in [0.15, 0.2) is 53.0 Å². The molecule has 5 N–H and O–H groups in total. The van der Waals surface area contributed by atoms with Gasteiger partial charge in [-0.15, -0.1) is 0 Å². The average Bonchev–Trinajstić information content (AvgIpc) is 2.85. The van der Waals surface area contributed by atoms with Crippen LogP contribution in [0.3, 0.4) is 0 Å². The third-order valence-electron chi connectivity index (χ3n) is 6.35. The molecule has 11 heteroatoms. The molecule has 204 valence electrons. The molecule has 0 heterocycles. The molecule has 1 fully saturated rings. The Morgan fingerprint density at radius 1 is 1.08 bits per heavy atom. The van der Waals surface area contributed by atoms with Crippen molar-refractivity contribution in [2.24, 2.45) is 11.1 Å². The number of urea groups is 1. The van der Waals surface area contributed by atoms with Gasteiger partial charge in [0.25, 0.3) is 0 Å². The van der Waals surface area contributed by atoms with Crippen molar-refractivity contribution in [3.8, 4) is 5.75 Å². The van der Waals surface area contributed by atoms with Gasteiger partial charge in [0.15, 0.2) is 0 Å². The SMILES string of the molecule is CCOC(=O)C1(C(=O)N[C@@H](CCCNC(N)=O)C(=O)Nc2ccc(COc3ccccc3Br)cc2)CCC1. The van der Waals surface area contributed by atoms with Crippen molar-refractivity contribution < 1.29 is 28.7 Å². The zero-order valence-electron chi connectivity index (χ0n) is 21.3. The maximum Gasteiger partial charge on any atom is 0.321 e. The minimum absolute atomic E-state index is 0.167. The summed E-state index contributed by atoms with van der Waals surface area (Å²) in [5.41, 5.74) is 5.29. The second kappa shape index (κ2) is 13.8. The van der Waals surface area contributed by atoms with E-state index in [1.165, 1.54) is 0 Å². The number of benzene rings is 2. The monoisotopic (exact) mass is 588 g/mol. The van der Waals surface area contributed by atoms with E-state index < -0.39 is 35.3 Å². The third kappa shape index (κ3) is 7.70. The van der Waals surface area contributed by atoms with Crippen molar-refractivity contribution in [3.63, 3.8) is 0 Å². The summed E-state index contributed by atoms with van der Waals surface area (Å²) in [6.45, 7) is 2.44. The number of carbonyl (C=O) groups excluding carboxylic acids is 4. The summed E-state index contributed by atoms with van der Waals surface area (Å²) in [5, 5.41) is 8.03. The lowest BCUT2D eigenvalue weighted by molar-refractivity contribution is -0.167. The highest BCUT2D eigenvalue weighted by atomic mass is 79.9. The van der Waals surface area contributed by atoms with E-state index >= 15 is 0 Å². The van der Waals surface area contributed by atoms with Gasteiger partial charge in [0.2, 0.25) is 11.8 Å². The Kier molecular flexibility index (Phi) is 10.5. The maximum absolute atomic E-state index is 13.2. The number of halogens is 1. The Hall–Kier alpha value is -3.60. The first kappa shape index (κ1) is 29.0. The third-order valence-corrected chi connectivity index (χ3v) is 7.01. The Morgan fingerprint density at radius 3 is 2.39 bits per heavy atom.